The zero-order valence-corrected chi connectivity index (χ0v) is 15.5. The van der Waals surface area contributed by atoms with Gasteiger partial charge in [-0.2, -0.15) is 0 Å². The van der Waals surface area contributed by atoms with Gasteiger partial charge in [0.1, 0.15) is 12.3 Å². The van der Waals surface area contributed by atoms with Gasteiger partial charge in [0.25, 0.3) is 10.0 Å². The van der Waals surface area contributed by atoms with Crippen molar-refractivity contribution in [1.82, 2.24) is 5.32 Å². The second kappa shape index (κ2) is 9.21. The Bertz CT molecular complexity index is 824. The topological polar surface area (TPSA) is 84.9 Å². The number of para-hydroxylation sites is 2. The van der Waals surface area contributed by atoms with Crippen LogP contribution in [0.5, 0.6) is 5.75 Å². The van der Waals surface area contributed by atoms with E-state index >= 15 is 0 Å². The van der Waals surface area contributed by atoms with Crippen LogP contribution in [0.4, 0.5) is 5.69 Å². The summed E-state index contributed by atoms with van der Waals surface area (Å²) in [6.07, 6.45) is 0. The Morgan fingerprint density at radius 2 is 1.69 bits per heavy atom. The zero-order chi connectivity index (χ0) is 19.0. The number of rotatable bonds is 9. The molecular weight excluding hydrogens is 356 g/mol. The monoisotopic (exact) mass is 378 g/mol. The predicted molar refractivity (Wildman–Crippen MR) is 98.9 cm³/mol. The van der Waals surface area contributed by atoms with E-state index in [1.54, 1.807) is 42.5 Å². The van der Waals surface area contributed by atoms with Crippen LogP contribution in [-0.2, 0) is 19.6 Å². The standard InChI is InChI=1S/C18H22N2O5S/c1-24-13-12-19-18(21)14-20(16-10-6-7-11-17(16)25-2)26(22,23)15-8-4-3-5-9-15/h3-11H,12-14H2,1-2H3,(H,19,21). The van der Waals surface area contributed by atoms with Crippen molar-refractivity contribution in [2.75, 3.05) is 38.2 Å². The van der Waals surface area contributed by atoms with Crippen molar-refractivity contribution < 1.29 is 22.7 Å². The van der Waals surface area contributed by atoms with Gasteiger partial charge >= 0.3 is 0 Å². The highest BCUT2D eigenvalue weighted by molar-refractivity contribution is 7.92. The molecule has 0 aliphatic carbocycles. The maximum Gasteiger partial charge on any atom is 0.264 e. The van der Waals surface area contributed by atoms with Gasteiger partial charge in [0.2, 0.25) is 5.91 Å². The SMILES string of the molecule is COCCNC(=O)CN(c1ccccc1OC)S(=O)(=O)c1ccccc1. The fourth-order valence-electron chi connectivity index (χ4n) is 2.33. The minimum Gasteiger partial charge on any atom is -0.495 e. The number of hydrogen-bond acceptors (Lipinski definition) is 5. The first-order valence-corrected chi connectivity index (χ1v) is 9.41. The fraction of sp³-hybridized carbons (Fsp3) is 0.278. The summed E-state index contributed by atoms with van der Waals surface area (Å²) in [6.45, 7) is 0.258. The summed E-state index contributed by atoms with van der Waals surface area (Å²) >= 11 is 0. The van der Waals surface area contributed by atoms with Gasteiger partial charge in [0, 0.05) is 13.7 Å². The van der Waals surface area contributed by atoms with Gasteiger partial charge in [-0.15, -0.1) is 0 Å². The number of hydrogen-bond donors (Lipinski definition) is 1. The van der Waals surface area contributed by atoms with E-state index in [9.17, 15) is 13.2 Å². The van der Waals surface area contributed by atoms with Crippen molar-refractivity contribution in [3.8, 4) is 5.75 Å². The molecule has 0 atom stereocenters. The molecule has 0 unspecified atom stereocenters. The predicted octanol–water partition coefficient (Wildman–Crippen LogP) is 1.65. The van der Waals surface area contributed by atoms with E-state index in [0.717, 1.165) is 4.31 Å². The number of methoxy groups -OCH3 is 2. The summed E-state index contributed by atoms with van der Waals surface area (Å²) < 4.78 is 37.5. The Kier molecular flexibility index (Phi) is 6.99. The molecule has 2 aromatic carbocycles. The van der Waals surface area contributed by atoms with E-state index in [-0.39, 0.29) is 11.4 Å². The van der Waals surface area contributed by atoms with Gasteiger partial charge in [-0.3, -0.25) is 9.10 Å². The molecule has 0 radical (unpaired) electrons. The number of carbonyl (C=O) groups excluding carboxylic acids is 1. The Balaban J connectivity index is 2.40. The van der Waals surface area contributed by atoms with Crippen molar-refractivity contribution in [2.45, 2.75) is 4.90 Å². The highest BCUT2D eigenvalue weighted by atomic mass is 32.2. The van der Waals surface area contributed by atoms with Gasteiger partial charge in [0.05, 0.1) is 24.3 Å². The summed E-state index contributed by atoms with van der Waals surface area (Å²) in [5.74, 6) is -0.0795. The van der Waals surface area contributed by atoms with Crippen LogP contribution in [0.1, 0.15) is 0 Å². The molecule has 0 saturated heterocycles. The molecule has 1 amide bonds. The molecule has 0 aliphatic heterocycles. The molecule has 7 nitrogen and oxygen atoms in total. The van der Waals surface area contributed by atoms with Gasteiger partial charge < -0.3 is 14.8 Å². The average Bonchev–Trinajstić information content (AvgIpc) is 2.67. The Morgan fingerprint density at radius 3 is 2.35 bits per heavy atom. The van der Waals surface area contributed by atoms with E-state index in [1.807, 2.05) is 0 Å². The zero-order valence-electron chi connectivity index (χ0n) is 14.7. The first-order chi connectivity index (χ1) is 12.5. The molecule has 0 aliphatic rings. The number of anilines is 1. The Labute approximate surface area is 153 Å². The molecule has 0 aromatic heterocycles. The lowest BCUT2D eigenvalue weighted by Crippen LogP contribution is -2.41. The summed E-state index contributed by atoms with van der Waals surface area (Å²) in [7, 11) is -0.981. The van der Waals surface area contributed by atoms with E-state index in [4.69, 9.17) is 9.47 Å². The van der Waals surface area contributed by atoms with Gasteiger partial charge in [-0.1, -0.05) is 30.3 Å². The van der Waals surface area contributed by atoms with E-state index in [0.29, 0.717) is 24.6 Å². The number of sulfonamides is 1. The van der Waals surface area contributed by atoms with Crippen molar-refractivity contribution in [3.05, 3.63) is 54.6 Å². The molecule has 0 spiro atoms. The average molecular weight is 378 g/mol. The Hall–Kier alpha value is -2.58. The van der Waals surface area contributed by atoms with E-state index in [2.05, 4.69) is 5.32 Å². The number of nitrogens with one attached hydrogen (secondary N) is 1. The third-order valence-electron chi connectivity index (χ3n) is 3.60. The lowest BCUT2D eigenvalue weighted by atomic mass is 10.3. The number of nitrogens with zero attached hydrogens (tertiary/aromatic N) is 1. The molecule has 0 saturated carbocycles. The molecule has 2 aromatic rings. The van der Waals surface area contributed by atoms with Crippen LogP contribution in [0.2, 0.25) is 0 Å². The smallest absolute Gasteiger partial charge is 0.264 e. The van der Waals surface area contributed by atoms with Crippen LogP contribution in [0, 0.1) is 0 Å². The molecule has 2 rings (SSSR count). The highest BCUT2D eigenvalue weighted by Gasteiger charge is 2.29. The third-order valence-corrected chi connectivity index (χ3v) is 5.37. The first kappa shape index (κ1) is 19.7. The number of amides is 1. The van der Waals surface area contributed by atoms with Crippen molar-refractivity contribution in [2.24, 2.45) is 0 Å². The highest BCUT2D eigenvalue weighted by Crippen LogP contribution is 2.31. The summed E-state index contributed by atoms with van der Waals surface area (Å²) in [4.78, 5) is 12.4. The second-order valence-electron chi connectivity index (χ2n) is 5.34. The van der Waals surface area contributed by atoms with Gasteiger partial charge in [-0.05, 0) is 24.3 Å². The molecular formula is C18H22N2O5S. The molecule has 26 heavy (non-hydrogen) atoms. The number of carbonyl (C=O) groups is 1. The minimum atomic E-state index is -3.95. The van der Waals surface area contributed by atoms with Crippen molar-refractivity contribution in [3.63, 3.8) is 0 Å². The third kappa shape index (κ3) is 4.74. The normalized spacial score (nSPS) is 11.0. The van der Waals surface area contributed by atoms with Crippen LogP contribution in [0.15, 0.2) is 59.5 Å². The van der Waals surface area contributed by atoms with E-state index < -0.39 is 15.9 Å². The lowest BCUT2D eigenvalue weighted by molar-refractivity contribution is -0.119. The summed E-state index contributed by atoms with van der Waals surface area (Å²) in [5, 5.41) is 2.63. The largest absolute Gasteiger partial charge is 0.495 e. The maximum absolute atomic E-state index is 13.1. The molecule has 1 N–H and O–H groups in total. The van der Waals surface area contributed by atoms with Gasteiger partial charge in [-0.25, -0.2) is 8.42 Å². The molecule has 0 heterocycles. The summed E-state index contributed by atoms with van der Waals surface area (Å²) in [6, 6.07) is 14.6. The Morgan fingerprint density at radius 1 is 1.04 bits per heavy atom. The first-order valence-electron chi connectivity index (χ1n) is 7.97. The summed E-state index contributed by atoms with van der Waals surface area (Å²) in [5.41, 5.74) is 0.292. The molecule has 140 valence electrons. The minimum absolute atomic E-state index is 0.0931. The van der Waals surface area contributed by atoms with E-state index in [1.165, 1.54) is 26.4 Å². The maximum atomic E-state index is 13.1. The van der Waals surface area contributed by atoms with Crippen molar-refractivity contribution in [1.29, 1.82) is 0 Å². The molecule has 8 heteroatoms. The quantitative estimate of drug-likeness (QED) is 0.671. The van der Waals surface area contributed by atoms with Crippen LogP contribution < -0.4 is 14.4 Å². The number of benzene rings is 2. The van der Waals surface area contributed by atoms with Crippen molar-refractivity contribution >= 4 is 21.6 Å². The number of ether oxygens (including phenoxy) is 2. The molecule has 0 bridgehead atoms. The van der Waals surface area contributed by atoms with Crippen LogP contribution in [-0.4, -0.2) is 48.2 Å². The molecule has 0 fully saturated rings. The van der Waals surface area contributed by atoms with Crippen LogP contribution >= 0.6 is 0 Å². The lowest BCUT2D eigenvalue weighted by Gasteiger charge is -2.25. The van der Waals surface area contributed by atoms with Crippen LogP contribution in [0.3, 0.4) is 0 Å². The van der Waals surface area contributed by atoms with Crippen LogP contribution in [0.25, 0.3) is 0 Å². The van der Waals surface area contributed by atoms with Gasteiger partial charge in [0.15, 0.2) is 0 Å². The second-order valence-corrected chi connectivity index (χ2v) is 7.20. The fourth-order valence-corrected chi connectivity index (χ4v) is 3.79.